The van der Waals surface area contributed by atoms with Gasteiger partial charge in [-0.2, -0.15) is 0 Å². The normalized spacial score (nSPS) is 11.8. The molecular formula is C28H26N6O5. The highest BCUT2D eigenvalue weighted by Crippen LogP contribution is 2.35. The number of nitrogens with zero attached hydrogens (tertiary/aromatic N) is 4. The van der Waals surface area contributed by atoms with Crippen molar-refractivity contribution in [2.24, 2.45) is 0 Å². The first-order chi connectivity index (χ1) is 18.9. The van der Waals surface area contributed by atoms with Crippen LogP contribution >= 0.6 is 0 Å². The number of carbonyl (C=O) groups is 2. The van der Waals surface area contributed by atoms with E-state index in [0.29, 0.717) is 46.0 Å². The molecule has 0 radical (unpaired) electrons. The number of nitrogens with one attached hydrogen (secondary N) is 2. The minimum atomic E-state index is -0.533. The fourth-order valence-electron chi connectivity index (χ4n) is 4.29. The van der Waals surface area contributed by atoms with E-state index in [1.807, 2.05) is 25.1 Å². The number of phenols is 1. The van der Waals surface area contributed by atoms with E-state index in [4.69, 9.17) is 4.74 Å². The molecule has 2 aromatic carbocycles. The Morgan fingerprint density at radius 3 is 2.74 bits per heavy atom. The monoisotopic (exact) mass is 526 g/mol. The number of carbonyl (C=O) groups excluding carboxylic acids is 2. The van der Waals surface area contributed by atoms with Crippen LogP contribution in [0.3, 0.4) is 0 Å². The fourth-order valence-corrected chi connectivity index (χ4v) is 4.29. The Bertz CT molecular complexity index is 1670. The van der Waals surface area contributed by atoms with Crippen molar-refractivity contribution < 1.29 is 24.2 Å². The lowest BCUT2D eigenvalue weighted by atomic mass is 10.0. The molecule has 0 aliphatic heterocycles. The number of methoxy groups -OCH3 is 2. The number of fused-ring (bicyclic) bond motifs is 1. The van der Waals surface area contributed by atoms with Crippen LogP contribution in [0.2, 0.25) is 0 Å². The fraction of sp³-hybridized carbons (Fsp3) is 0.179. The number of benzene rings is 2. The summed E-state index contributed by atoms with van der Waals surface area (Å²) in [5.41, 5.74) is 4.47. The number of aromatic hydroxyl groups is 1. The average Bonchev–Trinajstić information content (AvgIpc) is 3.59. The zero-order valence-corrected chi connectivity index (χ0v) is 21.5. The minimum Gasteiger partial charge on any atom is -0.507 e. The predicted molar refractivity (Wildman–Crippen MR) is 144 cm³/mol. The molecule has 5 aromatic rings. The van der Waals surface area contributed by atoms with Crippen LogP contribution in [0.15, 0.2) is 67.3 Å². The molecule has 1 amide bonds. The Labute approximate surface area is 223 Å². The number of pyridine rings is 1. The van der Waals surface area contributed by atoms with Gasteiger partial charge >= 0.3 is 6.09 Å². The lowest BCUT2D eigenvalue weighted by Gasteiger charge is -2.12. The molecule has 0 aliphatic rings. The maximum Gasteiger partial charge on any atom is 0.418 e. The van der Waals surface area contributed by atoms with Crippen molar-refractivity contribution in [1.82, 2.24) is 29.8 Å². The molecule has 39 heavy (non-hydrogen) atoms. The summed E-state index contributed by atoms with van der Waals surface area (Å²) in [6, 6.07) is 13.8. The van der Waals surface area contributed by atoms with Gasteiger partial charge in [-0.1, -0.05) is 6.07 Å². The van der Waals surface area contributed by atoms with Gasteiger partial charge in [0.05, 0.1) is 36.5 Å². The summed E-state index contributed by atoms with van der Waals surface area (Å²) in [6.07, 6.45) is 4.50. The highest BCUT2D eigenvalue weighted by Gasteiger charge is 2.17. The number of aromatic amines is 1. The summed E-state index contributed by atoms with van der Waals surface area (Å²) >= 11 is 0. The molecule has 11 nitrogen and oxygen atoms in total. The molecule has 1 atom stereocenters. The largest absolute Gasteiger partial charge is 0.507 e. The number of phenolic OH excluding ortho intramolecular Hbond substituents is 1. The molecule has 5 rings (SSSR count). The van der Waals surface area contributed by atoms with Crippen molar-refractivity contribution in [3.8, 4) is 34.1 Å². The molecule has 11 heteroatoms. The first-order valence-corrected chi connectivity index (χ1v) is 12.1. The lowest BCUT2D eigenvalue weighted by Crippen LogP contribution is -2.34. The number of amides is 1. The predicted octanol–water partition coefficient (Wildman–Crippen LogP) is 4.18. The van der Waals surface area contributed by atoms with Gasteiger partial charge < -0.3 is 24.9 Å². The van der Waals surface area contributed by atoms with Crippen molar-refractivity contribution in [3.05, 3.63) is 78.5 Å². The van der Waals surface area contributed by atoms with Crippen LogP contribution in [0.5, 0.6) is 11.6 Å². The number of hydrogen-bond acceptors (Lipinski definition) is 8. The van der Waals surface area contributed by atoms with Crippen LogP contribution in [0.1, 0.15) is 23.0 Å². The van der Waals surface area contributed by atoms with Gasteiger partial charge in [0.2, 0.25) is 5.88 Å². The summed E-state index contributed by atoms with van der Waals surface area (Å²) in [4.78, 5) is 40.8. The van der Waals surface area contributed by atoms with Crippen molar-refractivity contribution in [2.75, 3.05) is 14.2 Å². The van der Waals surface area contributed by atoms with Crippen LogP contribution in [0.4, 0.5) is 4.79 Å². The molecule has 3 heterocycles. The zero-order chi connectivity index (χ0) is 27.5. The van der Waals surface area contributed by atoms with Gasteiger partial charge in [0.1, 0.15) is 17.9 Å². The molecule has 3 N–H and O–H groups in total. The van der Waals surface area contributed by atoms with E-state index in [-0.39, 0.29) is 17.7 Å². The molecule has 3 aromatic heterocycles. The van der Waals surface area contributed by atoms with Crippen molar-refractivity contribution in [3.63, 3.8) is 0 Å². The van der Waals surface area contributed by atoms with Crippen LogP contribution in [-0.2, 0) is 11.2 Å². The Kier molecular flexibility index (Phi) is 6.96. The second-order valence-electron chi connectivity index (χ2n) is 8.93. The third kappa shape index (κ3) is 5.28. The number of hydrogen-bond donors (Lipinski definition) is 3. The van der Waals surface area contributed by atoms with Gasteiger partial charge in [0.15, 0.2) is 0 Å². The molecule has 0 unspecified atom stereocenters. The van der Waals surface area contributed by atoms with Gasteiger partial charge in [-0.25, -0.2) is 24.3 Å². The Morgan fingerprint density at radius 1 is 1.10 bits per heavy atom. The van der Waals surface area contributed by atoms with E-state index in [1.54, 1.807) is 49.8 Å². The van der Waals surface area contributed by atoms with E-state index in [9.17, 15) is 14.7 Å². The molecular weight excluding hydrogens is 500 g/mol. The molecule has 0 aliphatic carbocycles. The number of imidazole rings is 2. The van der Waals surface area contributed by atoms with Gasteiger partial charge in [-0.15, -0.1) is 0 Å². The summed E-state index contributed by atoms with van der Waals surface area (Å²) in [5, 5.41) is 13.5. The summed E-state index contributed by atoms with van der Waals surface area (Å²) < 4.78 is 11.3. The Hall–Kier alpha value is -5.19. The maximum absolute atomic E-state index is 12.9. The minimum absolute atomic E-state index is 0.0575. The number of ether oxygens (including phenoxy) is 2. The highest BCUT2D eigenvalue weighted by molar-refractivity contribution is 5.98. The van der Waals surface area contributed by atoms with Crippen LogP contribution in [0, 0.1) is 0 Å². The van der Waals surface area contributed by atoms with Gasteiger partial charge in [0.25, 0.3) is 5.91 Å². The van der Waals surface area contributed by atoms with Crippen LogP contribution < -0.4 is 10.1 Å². The van der Waals surface area contributed by atoms with E-state index in [2.05, 4.69) is 30.0 Å². The first-order valence-electron chi connectivity index (χ1n) is 12.1. The summed E-state index contributed by atoms with van der Waals surface area (Å²) in [7, 11) is 2.85. The average molecular weight is 527 g/mol. The van der Waals surface area contributed by atoms with Crippen molar-refractivity contribution in [1.29, 1.82) is 0 Å². The van der Waals surface area contributed by atoms with E-state index in [0.717, 1.165) is 11.1 Å². The summed E-state index contributed by atoms with van der Waals surface area (Å²) in [5.74, 6) is 0.725. The van der Waals surface area contributed by atoms with E-state index < -0.39 is 6.09 Å². The van der Waals surface area contributed by atoms with E-state index >= 15 is 0 Å². The standard InChI is InChI=1S/C28H26N6O5/c1-16(11-19-14-34(15-30-19)28(37)39-3)31-26(36)18-6-8-22-23(13-18)33-25(32-22)21-12-17(7-9-24(21)35)20-5-4-10-29-27(20)38-2/h4-10,12-16,35H,11H2,1-3H3,(H,31,36)(H,32,33)/t16-/m1/s1. The highest BCUT2D eigenvalue weighted by atomic mass is 16.5. The number of H-pyrrole nitrogens is 1. The van der Waals surface area contributed by atoms with Gasteiger partial charge in [-0.3, -0.25) is 4.79 Å². The second kappa shape index (κ2) is 10.7. The lowest BCUT2D eigenvalue weighted by molar-refractivity contribution is 0.0940. The third-order valence-electron chi connectivity index (χ3n) is 6.19. The molecule has 0 spiro atoms. The van der Waals surface area contributed by atoms with Gasteiger partial charge in [0, 0.05) is 36.0 Å². The Morgan fingerprint density at radius 2 is 1.95 bits per heavy atom. The zero-order valence-electron chi connectivity index (χ0n) is 21.5. The van der Waals surface area contributed by atoms with Gasteiger partial charge in [-0.05, 0) is 55.0 Å². The molecule has 0 bridgehead atoms. The number of rotatable bonds is 7. The van der Waals surface area contributed by atoms with Crippen molar-refractivity contribution in [2.45, 2.75) is 19.4 Å². The van der Waals surface area contributed by atoms with Crippen LogP contribution in [0.25, 0.3) is 33.5 Å². The second-order valence-corrected chi connectivity index (χ2v) is 8.93. The van der Waals surface area contributed by atoms with Crippen LogP contribution in [-0.4, -0.2) is 61.9 Å². The molecule has 0 saturated carbocycles. The molecule has 0 saturated heterocycles. The first kappa shape index (κ1) is 25.5. The number of aromatic nitrogens is 5. The SMILES string of the molecule is COC(=O)n1cnc(C[C@@H](C)NC(=O)c2ccc3nc(-c4cc(-c5cccnc5OC)ccc4O)[nH]c3c2)c1. The van der Waals surface area contributed by atoms with E-state index in [1.165, 1.54) is 18.0 Å². The third-order valence-corrected chi connectivity index (χ3v) is 6.19. The quantitative estimate of drug-likeness (QED) is 0.287. The van der Waals surface area contributed by atoms with Crippen molar-refractivity contribution >= 4 is 23.0 Å². The smallest absolute Gasteiger partial charge is 0.418 e. The summed E-state index contributed by atoms with van der Waals surface area (Å²) in [6.45, 7) is 1.86. The molecule has 0 fully saturated rings. The molecule has 198 valence electrons. The topological polar surface area (TPSA) is 144 Å². The maximum atomic E-state index is 12.9. The Balaban J connectivity index is 1.35.